The van der Waals surface area contributed by atoms with E-state index in [0.717, 1.165) is 14.7 Å². The van der Waals surface area contributed by atoms with Crippen LogP contribution in [0.3, 0.4) is 0 Å². The first kappa shape index (κ1) is 13.8. The molecule has 1 saturated heterocycles. The normalized spacial score (nSPS) is 18.8. The Morgan fingerprint density at radius 1 is 1.39 bits per heavy atom. The summed E-state index contributed by atoms with van der Waals surface area (Å²) in [6.45, 7) is 5.12. The highest BCUT2D eigenvalue weighted by molar-refractivity contribution is 14.1. The Labute approximate surface area is 121 Å². The van der Waals surface area contributed by atoms with E-state index in [9.17, 15) is 9.90 Å². The molecular formula is C14H18INO2. The van der Waals surface area contributed by atoms with Gasteiger partial charge in [0.05, 0.1) is 11.2 Å². The molecule has 98 valence electrons. The second kappa shape index (κ2) is 5.17. The molecule has 1 aromatic rings. The molecule has 3 nitrogen and oxygen atoms in total. The topological polar surface area (TPSA) is 40.5 Å². The lowest BCUT2D eigenvalue weighted by Gasteiger charge is -2.36. The molecule has 1 aromatic carbocycles. The zero-order valence-electron chi connectivity index (χ0n) is 10.7. The third kappa shape index (κ3) is 2.85. The minimum absolute atomic E-state index is 0.0820. The smallest absolute Gasteiger partial charge is 0.254 e. The van der Waals surface area contributed by atoms with Gasteiger partial charge in [-0.1, -0.05) is 12.1 Å². The highest BCUT2D eigenvalue weighted by atomic mass is 127. The fourth-order valence-corrected chi connectivity index (χ4v) is 2.76. The Morgan fingerprint density at radius 2 is 2.00 bits per heavy atom. The molecule has 0 atom stereocenters. The van der Waals surface area contributed by atoms with E-state index in [1.54, 1.807) is 0 Å². The van der Waals surface area contributed by atoms with Crippen LogP contribution in [0.5, 0.6) is 0 Å². The molecule has 1 aliphatic heterocycles. The van der Waals surface area contributed by atoms with Gasteiger partial charge < -0.3 is 10.0 Å². The van der Waals surface area contributed by atoms with E-state index in [-0.39, 0.29) is 5.91 Å². The lowest BCUT2D eigenvalue weighted by Crippen LogP contribution is -2.45. The molecular weight excluding hydrogens is 341 g/mol. The first-order valence-corrected chi connectivity index (χ1v) is 7.25. The molecule has 1 fully saturated rings. The largest absolute Gasteiger partial charge is 0.390 e. The number of carbonyl (C=O) groups excluding carboxylic acids is 1. The Hall–Kier alpha value is -0.620. The van der Waals surface area contributed by atoms with Gasteiger partial charge in [0.2, 0.25) is 0 Å². The van der Waals surface area contributed by atoms with Crippen molar-refractivity contribution in [1.29, 1.82) is 0 Å². The Balaban J connectivity index is 2.15. The first-order valence-electron chi connectivity index (χ1n) is 6.17. The summed E-state index contributed by atoms with van der Waals surface area (Å²) >= 11 is 2.23. The van der Waals surface area contributed by atoms with Crippen molar-refractivity contribution in [2.75, 3.05) is 13.1 Å². The van der Waals surface area contributed by atoms with Crippen molar-refractivity contribution in [3.63, 3.8) is 0 Å². The molecule has 1 heterocycles. The quantitative estimate of drug-likeness (QED) is 0.784. The average molecular weight is 359 g/mol. The summed E-state index contributed by atoms with van der Waals surface area (Å²) in [4.78, 5) is 14.3. The molecule has 0 aromatic heterocycles. The molecule has 0 spiro atoms. The second-order valence-corrected chi connectivity index (χ2v) is 6.30. The SMILES string of the molecule is Cc1cccc(C(=O)N2CCC(C)(O)CC2)c1I. The molecule has 0 radical (unpaired) electrons. The number of piperidine rings is 1. The van der Waals surface area contributed by atoms with Gasteiger partial charge in [0.1, 0.15) is 0 Å². The standard InChI is InChI=1S/C14H18INO2/c1-10-4-3-5-11(12(10)15)13(17)16-8-6-14(2,18)7-9-16/h3-5,18H,6-9H2,1-2H3. The van der Waals surface area contributed by atoms with E-state index in [1.165, 1.54) is 0 Å². The molecule has 1 amide bonds. The molecule has 0 bridgehead atoms. The average Bonchev–Trinajstić information content (AvgIpc) is 2.32. The number of halogens is 1. The van der Waals surface area contributed by atoms with E-state index in [2.05, 4.69) is 22.6 Å². The van der Waals surface area contributed by atoms with Crippen molar-refractivity contribution in [3.05, 3.63) is 32.9 Å². The molecule has 0 unspecified atom stereocenters. The van der Waals surface area contributed by atoms with Crippen LogP contribution in [0.4, 0.5) is 0 Å². The zero-order chi connectivity index (χ0) is 13.3. The van der Waals surface area contributed by atoms with Crippen LogP contribution >= 0.6 is 22.6 Å². The van der Waals surface area contributed by atoms with Gasteiger partial charge in [-0.15, -0.1) is 0 Å². The number of hydrogen-bond donors (Lipinski definition) is 1. The Bertz CT molecular complexity index is 461. The third-order valence-corrected chi connectivity index (χ3v) is 4.98. The van der Waals surface area contributed by atoms with Crippen LogP contribution in [0, 0.1) is 10.5 Å². The maximum absolute atomic E-state index is 12.4. The minimum Gasteiger partial charge on any atom is -0.390 e. The van der Waals surface area contributed by atoms with Crippen LogP contribution in [0.1, 0.15) is 35.7 Å². The van der Waals surface area contributed by atoms with Crippen molar-refractivity contribution in [3.8, 4) is 0 Å². The van der Waals surface area contributed by atoms with Crippen LogP contribution in [0.15, 0.2) is 18.2 Å². The molecule has 1 N–H and O–H groups in total. The first-order chi connectivity index (χ1) is 8.41. The van der Waals surface area contributed by atoms with Gasteiger partial charge in [-0.2, -0.15) is 0 Å². The van der Waals surface area contributed by atoms with Crippen LogP contribution in [-0.2, 0) is 0 Å². The maximum atomic E-state index is 12.4. The van der Waals surface area contributed by atoms with Crippen molar-refractivity contribution >= 4 is 28.5 Å². The molecule has 4 heteroatoms. The van der Waals surface area contributed by atoms with Crippen molar-refractivity contribution in [2.24, 2.45) is 0 Å². The van der Waals surface area contributed by atoms with Gasteiger partial charge in [-0.05, 0) is 60.9 Å². The van der Waals surface area contributed by atoms with Gasteiger partial charge in [-0.3, -0.25) is 4.79 Å². The fourth-order valence-electron chi connectivity index (χ4n) is 2.17. The molecule has 0 aliphatic carbocycles. The number of likely N-dealkylation sites (tertiary alicyclic amines) is 1. The van der Waals surface area contributed by atoms with E-state index in [4.69, 9.17) is 0 Å². The number of carbonyl (C=O) groups is 1. The van der Waals surface area contributed by atoms with Crippen molar-refractivity contribution in [1.82, 2.24) is 4.90 Å². The molecule has 2 rings (SSSR count). The number of amides is 1. The van der Waals surface area contributed by atoms with Crippen LogP contribution in [0.2, 0.25) is 0 Å². The minimum atomic E-state index is -0.615. The fraction of sp³-hybridized carbons (Fsp3) is 0.500. The zero-order valence-corrected chi connectivity index (χ0v) is 12.9. The van der Waals surface area contributed by atoms with Crippen LogP contribution < -0.4 is 0 Å². The highest BCUT2D eigenvalue weighted by Crippen LogP contribution is 2.24. The van der Waals surface area contributed by atoms with Gasteiger partial charge >= 0.3 is 0 Å². The number of nitrogens with zero attached hydrogens (tertiary/aromatic N) is 1. The van der Waals surface area contributed by atoms with Gasteiger partial charge in [0.25, 0.3) is 5.91 Å². The number of benzene rings is 1. The van der Waals surface area contributed by atoms with Crippen molar-refractivity contribution in [2.45, 2.75) is 32.3 Å². The maximum Gasteiger partial charge on any atom is 0.254 e. The lowest BCUT2D eigenvalue weighted by atomic mass is 9.93. The summed E-state index contributed by atoms with van der Waals surface area (Å²) < 4.78 is 1.03. The summed E-state index contributed by atoms with van der Waals surface area (Å²) in [5.41, 5.74) is 1.29. The number of rotatable bonds is 1. The number of aryl methyl sites for hydroxylation is 1. The van der Waals surface area contributed by atoms with Crippen LogP contribution in [0.25, 0.3) is 0 Å². The Morgan fingerprint density at radius 3 is 2.61 bits per heavy atom. The van der Waals surface area contributed by atoms with Crippen molar-refractivity contribution < 1.29 is 9.90 Å². The van der Waals surface area contributed by atoms with E-state index in [1.807, 2.05) is 36.9 Å². The lowest BCUT2D eigenvalue weighted by molar-refractivity contribution is -0.00205. The van der Waals surface area contributed by atoms with E-state index >= 15 is 0 Å². The third-order valence-electron chi connectivity index (χ3n) is 3.55. The molecule has 1 aliphatic rings. The van der Waals surface area contributed by atoms with Gasteiger partial charge in [-0.25, -0.2) is 0 Å². The van der Waals surface area contributed by atoms with E-state index < -0.39 is 5.60 Å². The van der Waals surface area contributed by atoms with E-state index in [0.29, 0.717) is 25.9 Å². The molecule has 18 heavy (non-hydrogen) atoms. The Kier molecular flexibility index (Phi) is 3.96. The predicted octanol–water partition coefficient (Wildman–Crippen LogP) is 2.59. The summed E-state index contributed by atoms with van der Waals surface area (Å²) in [7, 11) is 0. The summed E-state index contributed by atoms with van der Waals surface area (Å²) in [6, 6.07) is 5.81. The van der Waals surface area contributed by atoms with Gasteiger partial charge in [0, 0.05) is 16.7 Å². The van der Waals surface area contributed by atoms with Gasteiger partial charge in [0.15, 0.2) is 0 Å². The predicted molar refractivity (Wildman–Crippen MR) is 79.7 cm³/mol. The van der Waals surface area contributed by atoms with Crippen LogP contribution in [-0.4, -0.2) is 34.6 Å². The summed E-state index contributed by atoms with van der Waals surface area (Å²) in [6.07, 6.45) is 1.31. The summed E-state index contributed by atoms with van der Waals surface area (Å²) in [5.74, 6) is 0.0820. The highest BCUT2D eigenvalue weighted by Gasteiger charge is 2.30. The number of aliphatic hydroxyl groups is 1. The second-order valence-electron chi connectivity index (χ2n) is 5.23. The summed E-state index contributed by atoms with van der Waals surface area (Å²) in [5, 5.41) is 9.90. The number of hydrogen-bond acceptors (Lipinski definition) is 2. The molecule has 0 saturated carbocycles. The monoisotopic (exact) mass is 359 g/mol.